The van der Waals surface area contributed by atoms with Crippen molar-refractivity contribution in [1.82, 2.24) is 5.32 Å². The number of hydrogen-bond acceptors (Lipinski definition) is 4. The summed E-state index contributed by atoms with van der Waals surface area (Å²) >= 11 is 0. The highest BCUT2D eigenvalue weighted by Crippen LogP contribution is 2.11. The lowest BCUT2D eigenvalue weighted by molar-refractivity contribution is 0.104. The van der Waals surface area contributed by atoms with Gasteiger partial charge in [-0.25, -0.2) is 0 Å². The van der Waals surface area contributed by atoms with Gasteiger partial charge in [0, 0.05) is 6.54 Å². The Kier molecular flexibility index (Phi) is 7.48. The first kappa shape index (κ1) is 16.0. The van der Waals surface area contributed by atoms with Crippen molar-refractivity contribution in [2.75, 3.05) is 19.7 Å². The van der Waals surface area contributed by atoms with E-state index in [1.165, 1.54) is 5.56 Å². The zero-order valence-corrected chi connectivity index (χ0v) is 11.8. The van der Waals surface area contributed by atoms with Gasteiger partial charge in [0.15, 0.2) is 0 Å². The third-order valence-corrected chi connectivity index (χ3v) is 2.97. The molecule has 0 aliphatic rings. The molecule has 2 atom stereocenters. The van der Waals surface area contributed by atoms with E-state index in [1.807, 2.05) is 38.1 Å². The van der Waals surface area contributed by atoms with Gasteiger partial charge in [-0.3, -0.25) is 0 Å². The van der Waals surface area contributed by atoms with E-state index >= 15 is 0 Å². The minimum absolute atomic E-state index is 0.256. The minimum Gasteiger partial charge on any atom is -0.491 e. The van der Waals surface area contributed by atoms with Gasteiger partial charge in [0.05, 0.1) is 6.10 Å². The highest BCUT2D eigenvalue weighted by molar-refractivity contribution is 5.26. The second kappa shape index (κ2) is 8.91. The fourth-order valence-corrected chi connectivity index (χ4v) is 1.63. The van der Waals surface area contributed by atoms with E-state index < -0.39 is 6.10 Å². The standard InChI is InChI=1S/C15H25NO3/c1-3-13(17)8-9-16-10-14(18)11-19-15-6-4-12(2)5-7-15/h4-7,13-14,16-18H,3,8-11H2,1-2H3. The summed E-state index contributed by atoms with van der Waals surface area (Å²) in [7, 11) is 0. The Bertz CT molecular complexity index is 340. The quantitative estimate of drug-likeness (QED) is 0.593. The van der Waals surface area contributed by atoms with E-state index in [4.69, 9.17) is 4.74 Å². The average Bonchev–Trinajstić information content (AvgIpc) is 2.42. The smallest absolute Gasteiger partial charge is 0.119 e. The Labute approximate surface area is 115 Å². The molecular weight excluding hydrogens is 242 g/mol. The van der Waals surface area contributed by atoms with Crippen molar-refractivity contribution in [1.29, 1.82) is 0 Å². The molecule has 4 nitrogen and oxygen atoms in total. The summed E-state index contributed by atoms with van der Waals surface area (Å²) in [5.41, 5.74) is 1.18. The van der Waals surface area contributed by atoms with Crippen LogP contribution in [0, 0.1) is 6.92 Å². The van der Waals surface area contributed by atoms with Crippen LogP contribution in [-0.2, 0) is 0 Å². The van der Waals surface area contributed by atoms with Crippen LogP contribution in [0.25, 0.3) is 0 Å². The molecule has 1 rings (SSSR count). The fourth-order valence-electron chi connectivity index (χ4n) is 1.63. The van der Waals surface area contributed by atoms with Gasteiger partial charge in [-0.1, -0.05) is 24.6 Å². The van der Waals surface area contributed by atoms with Crippen LogP contribution in [0.3, 0.4) is 0 Å². The highest BCUT2D eigenvalue weighted by atomic mass is 16.5. The third kappa shape index (κ3) is 7.15. The van der Waals surface area contributed by atoms with Gasteiger partial charge in [0.25, 0.3) is 0 Å². The summed E-state index contributed by atoms with van der Waals surface area (Å²) < 4.78 is 5.48. The van der Waals surface area contributed by atoms with Gasteiger partial charge >= 0.3 is 0 Å². The molecule has 1 aromatic rings. The Hall–Kier alpha value is -1.10. The molecule has 0 bridgehead atoms. The Morgan fingerprint density at radius 3 is 2.47 bits per heavy atom. The number of nitrogens with one attached hydrogen (secondary N) is 1. The predicted octanol–water partition coefficient (Wildman–Crippen LogP) is 1.49. The molecular formula is C15H25NO3. The van der Waals surface area contributed by atoms with Crippen molar-refractivity contribution < 1.29 is 14.9 Å². The number of benzene rings is 1. The Balaban J connectivity index is 2.10. The average molecular weight is 267 g/mol. The summed E-state index contributed by atoms with van der Waals surface area (Å²) in [5, 5.41) is 22.2. The van der Waals surface area contributed by atoms with E-state index in [-0.39, 0.29) is 12.7 Å². The third-order valence-electron chi connectivity index (χ3n) is 2.97. The maximum absolute atomic E-state index is 9.74. The van der Waals surface area contributed by atoms with Gasteiger partial charge in [-0.15, -0.1) is 0 Å². The van der Waals surface area contributed by atoms with Crippen LogP contribution < -0.4 is 10.1 Å². The lowest BCUT2D eigenvalue weighted by Crippen LogP contribution is -2.33. The van der Waals surface area contributed by atoms with Crippen LogP contribution in [0.5, 0.6) is 5.75 Å². The van der Waals surface area contributed by atoms with Gasteiger partial charge in [0.2, 0.25) is 0 Å². The maximum atomic E-state index is 9.74. The van der Waals surface area contributed by atoms with Crippen molar-refractivity contribution in [3.63, 3.8) is 0 Å². The van der Waals surface area contributed by atoms with Crippen molar-refractivity contribution in [2.45, 2.75) is 38.9 Å². The molecule has 2 unspecified atom stereocenters. The number of aliphatic hydroxyl groups excluding tert-OH is 2. The molecule has 0 amide bonds. The van der Waals surface area contributed by atoms with Crippen LogP contribution in [0.1, 0.15) is 25.3 Å². The molecule has 0 heterocycles. The van der Waals surface area contributed by atoms with Crippen LogP contribution in [-0.4, -0.2) is 42.1 Å². The first-order chi connectivity index (χ1) is 9.11. The molecule has 0 aromatic heterocycles. The summed E-state index contributed by atoms with van der Waals surface area (Å²) in [5.74, 6) is 0.769. The predicted molar refractivity (Wildman–Crippen MR) is 76.5 cm³/mol. The highest BCUT2D eigenvalue weighted by Gasteiger charge is 2.05. The molecule has 0 radical (unpaired) electrons. The largest absolute Gasteiger partial charge is 0.491 e. The molecule has 0 spiro atoms. The first-order valence-electron chi connectivity index (χ1n) is 6.88. The van der Waals surface area contributed by atoms with Crippen molar-refractivity contribution in [3.8, 4) is 5.75 Å². The van der Waals surface area contributed by atoms with E-state index in [0.717, 1.165) is 12.2 Å². The number of hydrogen-bond donors (Lipinski definition) is 3. The van der Waals surface area contributed by atoms with Crippen molar-refractivity contribution in [3.05, 3.63) is 29.8 Å². The van der Waals surface area contributed by atoms with Crippen LogP contribution in [0.2, 0.25) is 0 Å². The molecule has 0 aliphatic carbocycles. The zero-order chi connectivity index (χ0) is 14.1. The monoisotopic (exact) mass is 267 g/mol. The zero-order valence-electron chi connectivity index (χ0n) is 11.8. The number of rotatable bonds is 9. The summed E-state index contributed by atoms with van der Waals surface area (Å²) in [6, 6.07) is 7.75. The lowest BCUT2D eigenvalue weighted by Gasteiger charge is -2.14. The molecule has 19 heavy (non-hydrogen) atoms. The van der Waals surface area contributed by atoms with Crippen LogP contribution in [0.15, 0.2) is 24.3 Å². The van der Waals surface area contributed by atoms with Crippen molar-refractivity contribution in [2.24, 2.45) is 0 Å². The normalized spacial score (nSPS) is 14.1. The summed E-state index contributed by atoms with van der Waals surface area (Å²) in [4.78, 5) is 0. The van der Waals surface area contributed by atoms with E-state index in [2.05, 4.69) is 5.32 Å². The van der Waals surface area contributed by atoms with Crippen molar-refractivity contribution >= 4 is 0 Å². The van der Waals surface area contributed by atoms with E-state index in [9.17, 15) is 10.2 Å². The minimum atomic E-state index is -0.542. The molecule has 0 saturated carbocycles. The molecule has 0 aliphatic heterocycles. The van der Waals surface area contributed by atoms with Crippen LogP contribution in [0.4, 0.5) is 0 Å². The Morgan fingerprint density at radius 2 is 1.84 bits per heavy atom. The van der Waals surface area contributed by atoms with Gasteiger partial charge < -0.3 is 20.3 Å². The second-order valence-electron chi connectivity index (χ2n) is 4.83. The van der Waals surface area contributed by atoms with Gasteiger partial charge in [-0.05, 0) is 38.4 Å². The Morgan fingerprint density at radius 1 is 1.16 bits per heavy atom. The van der Waals surface area contributed by atoms with E-state index in [1.54, 1.807) is 0 Å². The molecule has 1 aromatic carbocycles. The first-order valence-corrected chi connectivity index (χ1v) is 6.88. The summed E-state index contributed by atoms with van der Waals surface area (Å²) in [6.45, 7) is 5.42. The number of aliphatic hydroxyl groups is 2. The van der Waals surface area contributed by atoms with Crippen LogP contribution >= 0.6 is 0 Å². The van der Waals surface area contributed by atoms with Gasteiger partial charge in [-0.2, -0.15) is 0 Å². The number of aryl methyl sites for hydroxylation is 1. The molecule has 0 saturated heterocycles. The maximum Gasteiger partial charge on any atom is 0.119 e. The SMILES string of the molecule is CCC(O)CCNCC(O)COc1ccc(C)cc1. The molecule has 0 fully saturated rings. The summed E-state index contributed by atoms with van der Waals surface area (Å²) in [6.07, 6.45) is 0.677. The number of ether oxygens (including phenoxy) is 1. The topological polar surface area (TPSA) is 61.7 Å². The fraction of sp³-hybridized carbons (Fsp3) is 0.600. The molecule has 108 valence electrons. The van der Waals surface area contributed by atoms with E-state index in [0.29, 0.717) is 19.5 Å². The van der Waals surface area contributed by atoms with Gasteiger partial charge in [0.1, 0.15) is 18.5 Å². The second-order valence-corrected chi connectivity index (χ2v) is 4.83. The molecule has 4 heteroatoms. The molecule has 3 N–H and O–H groups in total. The lowest BCUT2D eigenvalue weighted by atomic mass is 10.2.